The van der Waals surface area contributed by atoms with Crippen molar-refractivity contribution >= 4 is 21.9 Å². The second kappa shape index (κ2) is 13.4. The number of aryl methyl sites for hydroxylation is 1. The number of aliphatic carboxylic acids is 1. The molecule has 3 rings (SSSR count). The maximum atomic E-state index is 10.6. The summed E-state index contributed by atoms with van der Waals surface area (Å²) in [7, 11) is 0. The van der Waals surface area contributed by atoms with Crippen molar-refractivity contribution in [1.82, 2.24) is 4.90 Å². The standard InChI is InChI=1S/C25H36BrNO4/c26-21-12-10-20(11-13-21)8-7-19-30-23-15-14-22(27-16-4-2-5-17-27)25(23)31-18-6-1-3-9-24(28)29/h1,6,10-13,22-23,25H,2-5,7-9,14-19H2,(H,28,29)/b6-1-/t22-,23+,25+/m0/s1. The minimum absolute atomic E-state index is 0.0925. The Balaban J connectivity index is 1.47. The molecule has 1 saturated carbocycles. The molecule has 1 heterocycles. The van der Waals surface area contributed by atoms with Crippen LogP contribution in [0.15, 0.2) is 40.9 Å². The quantitative estimate of drug-likeness (QED) is 0.319. The lowest BCUT2D eigenvalue weighted by Gasteiger charge is -2.36. The number of carbonyl (C=O) groups is 1. The largest absolute Gasteiger partial charge is 0.481 e. The third kappa shape index (κ3) is 8.33. The molecule has 3 atom stereocenters. The first-order valence-electron chi connectivity index (χ1n) is 11.7. The number of carboxylic acids is 1. The van der Waals surface area contributed by atoms with Crippen LogP contribution in [0.4, 0.5) is 0 Å². The lowest BCUT2D eigenvalue weighted by molar-refractivity contribution is -0.136. The Hall–Kier alpha value is -1.21. The summed E-state index contributed by atoms with van der Waals surface area (Å²) >= 11 is 3.48. The summed E-state index contributed by atoms with van der Waals surface area (Å²) in [5.41, 5.74) is 1.34. The number of halogens is 1. The zero-order valence-electron chi connectivity index (χ0n) is 18.4. The second-order valence-corrected chi connectivity index (χ2v) is 9.50. The lowest BCUT2D eigenvalue weighted by Crippen LogP contribution is -2.47. The van der Waals surface area contributed by atoms with Crippen LogP contribution in [-0.2, 0) is 20.7 Å². The molecule has 0 bridgehead atoms. The van der Waals surface area contributed by atoms with Gasteiger partial charge < -0.3 is 14.6 Å². The Bertz CT molecular complexity index is 687. The van der Waals surface area contributed by atoms with E-state index < -0.39 is 5.97 Å². The number of hydrogen-bond acceptors (Lipinski definition) is 4. The molecule has 1 aromatic carbocycles. The van der Waals surface area contributed by atoms with Crippen molar-refractivity contribution in [1.29, 1.82) is 0 Å². The highest BCUT2D eigenvalue weighted by Crippen LogP contribution is 2.31. The molecule has 5 nitrogen and oxygen atoms in total. The van der Waals surface area contributed by atoms with Crippen molar-refractivity contribution in [3.8, 4) is 0 Å². The highest BCUT2D eigenvalue weighted by Gasteiger charge is 2.40. The van der Waals surface area contributed by atoms with Crippen LogP contribution in [-0.4, -0.2) is 60.5 Å². The molecule has 0 amide bonds. The minimum atomic E-state index is -0.761. The molecule has 2 fully saturated rings. The molecular formula is C25H36BrNO4. The number of benzene rings is 1. The van der Waals surface area contributed by atoms with Crippen molar-refractivity contribution < 1.29 is 19.4 Å². The van der Waals surface area contributed by atoms with Gasteiger partial charge in [-0.15, -0.1) is 0 Å². The van der Waals surface area contributed by atoms with Gasteiger partial charge in [0.2, 0.25) is 0 Å². The predicted molar refractivity (Wildman–Crippen MR) is 126 cm³/mol. The van der Waals surface area contributed by atoms with E-state index in [4.69, 9.17) is 14.6 Å². The highest BCUT2D eigenvalue weighted by molar-refractivity contribution is 9.10. The van der Waals surface area contributed by atoms with Crippen LogP contribution in [0.3, 0.4) is 0 Å². The molecule has 172 valence electrons. The van der Waals surface area contributed by atoms with Crippen LogP contribution in [0.2, 0.25) is 0 Å². The summed E-state index contributed by atoms with van der Waals surface area (Å²) in [6, 6.07) is 8.93. The normalized spacial score (nSPS) is 24.7. The lowest BCUT2D eigenvalue weighted by atomic mass is 10.1. The van der Waals surface area contributed by atoms with Crippen molar-refractivity contribution in [2.24, 2.45) is 0 Å². The Morgan fingerprint density at radius 1 is 1.10 bits per heavy atom. The van der Waals surface area contributed by atoms with E-state index in [-0.39, 0.29) is 18.6 Å². The van der Waals surface area contributed by atoms with Gasteiger partial charge in [0, 0.05) is 23.5 Å². The first-order valence-corrected chi connectivity index (χ1v) is 12.5. The number of carboxylic acid groups (broad SMARTS) is 1. The van der Waals surface area contributed by atoms with Gasteiger partial charge in [0.25, 0.3) is 0 Å². The van der Waals surface area contributed by atoms with E-state index in [2.05, 4.69) is 45.1 Å². The Labute approximate surface area is 194 Å². The molecular weight excluding hydrogens is 458 g/mol. The van der Waals surface area contributed by atoms with Crippen LogP contribution < -0.4 is 0 Å². The minimum Gasteiger partial charge on any atom is -0.481 e. The number of likely N-dealkylation sites (tertiary alicyclic amines) is 1. The summed E-state index contributed by atoms with van der Waals surface area (Å²) in [5, 5.41) is 8.75. The van der Waals surface area contributed by atoms with Crippen LogP contribution in [0.1, 0.15) is 56.9 Å². The van der Waals surface area contributed by atoms with Crippen LogP contribution in [0.5, 0.6) is 0 Å². The van der Waals surface area contributed by atoms with Gasteiger partial charge in [-0.05, 0) is 75.7 Å². The third-order valence-electron chi connectivity index (χ3n) is 6.28. The smallest absolute Gasteiger partial charge is 0.303 e. The topological polar surface area (TPSA) is 59.0 Å². The fraction of sp³-hybridized carbons (Fsp3) is 0.640. The van der Waals surface area contributed by atoms with Crippen molar-refractivity contribution in [3.05, 3.63) is 46.5 Å². The average Bonchev–Trinajstić information content (AvgIpc) is 3.18. The summed E-state index contributed by atoms with van der Waals surface area (Å²) in [6.07, 6.45) is 12.9. The van der Waals surface area contributed by atoms with E-state index in [0.717, 1.165) is 49.9 Å². The molecule has 1 aliphatic heterocycles. The van der Waals surface area contributed by atoms with Crippen LogP contribution in [0, 0.1) is 0 Å². The summed E-state index contributed by atoms with van der Waals surface area (Å²) in [5.74, 6) is -0.761. The monoisotopic (exact) mass is 493 g/mol. The number of piperidine rings is 1. The van der Waals surface area contributed by atoms with Crippen LogP contribution in [0.25, 0.3) is 0 Å². The summed E-state index contributed by atoms with van der Waals surface area (Å²) in [4.78, 5) is 13.2. The van der Waals surface area contributed by atoms with E-state index in [1.54, 1.807) is 0 Å². The first-order chi connectivity index (χ1) is 15.1. The average molecular weight is 494 g/mol. The molecule has 1 aliphatic carbocycles. The molecule has 0 spiro atoms. The zero-order valence-corrected chi connectivity index (χ0v) is 20.0. The number of hydrogen-bond donors (Lipinski definition) is 1. The van der Waals surface area contributed by atoms with E-state index in [1.807, 2.05) is 12.2 Å². The van der Waals surface area contributed by atoms with Crippen molar-refractivity contribution in [2.75, 3.05) is 26.3 Å². The maximum Gasteiger partial charge on any atom is 0.303 e. The van der Waals surface area contributed by atoms with Gasteiger partial charge in [0.15, 0.2) is 0 Å². The second-order valence-electron chi connectivity index (χ2n) is 8.58. The van der Waals surface area contributed by atoms with E-state index in [9.17, 15) is 4.79 Å². The Morgan fingerprint density at radius 3 is 2.61 bits per heavy atom. The van der Waals surface area contributed by atoms with Gasteiger partial charge >= 0.3 is 5.97 Å². The van der Waals surface area contributed by atoms with Gasteiger partial charge in [-0.25, -0.2) is 0 Å². The fourth-order valence-electron chi connectivity index (χ4n) is 4.67. The molecule has 1 N–H and O–H groups in total. The highest BCUT2D eigenvalue weighted by atomic mass is 79.9. The van der Waals surface area contributed by atoms with Gasteiger partial charge in [-0.3, -0.25) is 9.69 Å². The number of allylic oxidation sites excluding steroid dienone is 1. The number of nitrogens with zero attached hydrogens (tertiary/aromatic N) is 1. The van der Waals surface area contributed by atoms with Gasteiger partial charge in [0.05, 0.1) is 18.8 Å². The molecule has 6 heteroatoms. The number of ether oxygens (including phenoxy) is 2. The van der Waals surface area contributed by atoms with Crippen molar-refractivity contribution in [2.45, 2.75) is 76.0 Å². The molecule has 2 aliphatic rings. The van der Waals surface area contributed by atoms with Crippen LogP contribution >= 0.6 is 15.9 Å². The molecule has 0 aromatic heterocycles. The number of rotatable bonds is 12. The molecule has 1 aromatic rings. The van der Waals surface area contributed by atoms with E-state index >= 15 is 0 Å². The maximum absolute atomic E-state index is 10.6. The Morgan fingerprint density at radius 2 is 1.87 bits per heavy atom. The SMILES string of the molecule is O=C(O)CC/C=C\CO[C@H]1[C@H](OCCCc2ccc(Br)cc2)CC[C@@H]1N1CCCCC1. The predicted octanol–water partition coefficient (Wildman–Crippen LogP) is 5.22. The first kappa shape index (κ1) is 24.4. The fourth-order valence-corrected chi connectivity index (χ4v) is 4.93. The summed E-state index contributed by atoms with van der Waals surface area (Å²) in [6.45, 7) is 3.60. The zero-order chi connectivity index (χ0) is 21.9. The van der Waals surface area contributed by atoms with E-state index in [1.165, 1.54) is 24.8 Å². The molecule has 31 heavy (non-hydrogen) atoms. The van der Waals surface area contributed by atoms with Gasteiger partial charge in [-0.1, -0.05) is 46.6 Å². The third-order valence-corrected chi connectivity index (χ3v) is 6.81. The molecule has 0 radical (unpaired) electrons. The van der Waals surface area contributed by atoms with Gasteiger partial charge in [0.1, 0.15) is 0 Å². The molecule has 0 unspecified atom stereocenters. The Kier molecular flexibility index (Phi) is 10.5. The molecule has 1 saturated heterocycles. The van der Waals surface area contributed by atoms with Gasteiger partial charge in [-0.2, -0.15) is 0 Å². The van der Waals surface area contributed by atoms with Crippen molar-refractivity contribution in [3.63, 3.8) is 0 Å². The summed E-state index contributed by atoms with van der Waals surface area (Å²) < 4.78 is 13.8. The van der Waals surface area contributed by atoms with E-state index in [0.29, 0.717) is 19.1 Å².